The van der Waals surface area contributed by atoms with Gasteiger partial charge >= 0.3 is 5.97 Å². The van der Waals surface area contributed by atoms with Crippen LogP contribution in [0.25, 0.3) is 0 Å². The Hall–Kier alpha value is -2.38. The maximum Gasteiger partial charge on any atom is 0.317 e. The third-order valence-electron chi connectivity index (χ3n) is 2.44. The van der Waals surface area contributed by atoms with Crippen LogP contribution in [0.4, 0.5) is 0 Å². The zero-order chi connectivity index (χ0) is 15.4. The monoisotopic (exact) mass is 278 g/mol. The smallest absolute Gasteiger partial charge is 0.317 e. The predicted octanol–water partition coefficient (Wildman–Crippen LogP) is 0.215. The Kier molecular flexibility index (Phi) is 9.28. The number of carboxylic acids is 1. The largest absolute Gasteiger partial charge is 0.480 e. The van der Waals surface area contributed by atoms with Gasteiger partial charge in [0.1, 0.15) is 0 Å². The standard InChI is InChI=1S/C13H18N4O3/c1-2-7-16(11-13(19)20)10-12(18)17(8-3-5-14)9-4-6-15/h2H,1,3-4,7-11H2,(H,19,20). The topological polar surface area (TPSA) is 108 Å². The molecule has 0 aliphatic heterocycles. The summed E-state index contributed by atoms with van der Waals surface area (Å²) in [6, 6.07) is 3.88. The van der Waals surface area contributed by atoms with E-state index in [0.717, 1.165) is 0 Å². The van der Waals surface area contributed by atoms with Crippen LogP contribution in [-0.2, 0) is 9.59 Å². The van der Waals surface area contributed by atoms with E-state index < -0.39 is 5.97 Å². The number of hydrogen-bond donors (Lipinski definition) is 1. The first kappa shape index (κ1) is 17.6. The lowest BCUT2D eigenvalue weighted by molar-refractivity contribution is -0.139. The molecule has 0 spiro atoms. The number of carboxylic acid groups (broad SMARTS) is 1. The highest BCUT2D eigenvalue weighted by Crippen LogP contribution is 1.99. The van der Waals surface area contributed by atoms with E-state index in [9.17, 15) is 9.59 Å². The fourth-order valence-corrected chi connectivity index (χ4v) is 1.58. The number of nitrogens with zero attached hydrogens (tertiary/aromatic N) is 4. The van der Waals surface area contributed by atoms with E-state index in [2.05, 4.69) is 6.58 Å². The van der Waals surface area contributed by atoms with Gasteiger partial charge in [0.05, 0.1) is 38.1 Å². The molecule has 0 fully saturated rings. The number of carbonyl (C=O) groups excluding carboxylic acids is 1. The van der Waals surface area contributed by atoms with E-state index >= 15 is 0 Å². The molecule has 0 aromatic rings. The van der Waals surface area contributed by atoms with Crippen molar-refractivity contribution in [1.82, 2.24) is 9.80 Å². The van der Waals surface area contributed by atoms with Gasteiger partial charge in [0, 0.05) is 19.6 Å². The Morgan fingerprint density at radius 1 is 1.15 bits per heavy atom. The number of aliphatic carboxylic acids is 1. The fourth-order valence-electron chi connectivity index (χ4n) is 1.58. The number of hydrogen-bond acceptors (Lipinski definition) is 5. The lowest BCUT2D eigenvalue weighted by Gasteiger charge is -2.24. The molecule has 0 atom stereocenters. The molecule has 0 unspecified atom stereocenters. The molecule has 0 aromatic carbocycles. The highest BCUT2D eigenvalue weighted by Gasteiger charge is 2.18. The SMILES string of the molecule is C=CCN(CC(=O)O)CC(=O)N(CCC#N)CCC#N. The number of carbonyl (C=O) groups is 2. The van der Waals surface area contributed by atoms with Crippen molar-refractivity contribution in [2.75, 3.05) is 32.7 Å². The molecule has 0 radical (unpaired) electrons. The van der Waals surface area contributed by atoms with Crippen molar-refractivity contribution in [3.8, 4) is 12.1 Å². The normalized spacial score (nSPS) is 9.55. The number of nitriles is 2. The van der Waals surface area contributed by atoms with Crippen LogP contribution < -0.4 is 0 Å². The lowest BCUT2D eigenvalue weighted by Crippen LogP contribution is -2.43. The summed E-state index contributed by atoms with van der Waals surface area (Å²) < 4.78 is 0. The Labute approximate surface area is 118 Å². The fraction of sp³-hybridized carbons (Fsp3) is 0.538. The molecule has 1 amide bonds. The van der Waals surface area contributed by atoms with Gasteiger partial charge < -0.3 is 10.0 Å². The molecule has 1 N–H and O–H groups in total. The first-order valence-electron chi connectivity index (χ1n) is 6.11. The summed E-state index contributed by atoms with van der Waals surface area (Å²) in [4.78, 5) is 25.6. The second kappa shape index (κ2) is 10.5. The molecule has 20 heavy (non-hydrogen) atoms. The van der Waals surface area contributed by atoms with Crippen molar-refractivity contribution in [3.05, 3.63) is 12.7 Å². The minimum atomic E-state index is -1.03. The van der Waals surface area contributed by atoms with Crippen molar-refractivity contribution in [1.29, 1.82) is 10.5 Å². The third-order valence-corrected chi connectivity index (χ3v) is 2.44. The summed E-state index contributed by atoms with van der Waals surface area (Å²) >= 11 is 0. The Morgan fingerprint density at radius 3 is 2.10 bits per heavy atom. The second-order valence-electron chi connectivity index (χ2n) is 4.05. The van der Waals surface area contributed by atoms with Gasteiger partial charge in [0.15, 0.2) is 0 Å². The van der Waals surface area contributed by atoms with E-state index in [4.69, 9.17) is 15.6 Å². The van der Waals surface area contributed by atoms with Crippen molar-refractivity contribution in [2.24, 2.45) is 0 Å². The van der Waals surface area contributed by atoms with Crippen LogP contribution in [0.2, 0.25) is 0 Å². The molecule has 0 saturated carbocycles. The van der Waals surface area contributed by atoms with Crippen LogP contribution in [0, 0.1) is 22.7 Å². The molecule has 0 aromatic heterocycles. The van der Waals surface area contributed by atoms with Gasteiger partial charge in [0.25, 0.3) is 0 Å². The summed E-state index contributed by atoms with van der Waals surface area (Å²) in [6.45, 7) is 3.94. The number of rotatable bonds is 10. The zero-order valence-electron chi connectivity index (χ0n) is 11.3. The van der Waals surface area contributed by atoms with Gasteiger partial charge in [-0.25, -0.2) is 0 Å². The minimum Gasteiger partial charge on any atom is -0.480 e. The van der Waals surface area contributed by atoms with Crippen LogP contribution in [0.1, 0.15) is 12.8 Å². The predicted molar refractivity (Wildman–Crippen MR) is 71.3 cm³/mol. The van der Waals surface area contributed by atoms with Crippen LogP contribution in [0.3, 0.4) is 0 Å². The highest BCUT2D eigenvalue weighted by atomic mass is 16.4. The molecule has 0 aliphatic carbocycles. The first-order valence-corrected chi connectivity index (χ1v) is 6.11. The van der Waals surface area contributed by atoms with Gasteiger partial charge in [-0.15, -0.1) is 6.58 Å². The maximum absolute atomic E-state index is 12.1. The minimum absolute atomic E-state index is 0.0742. The molecule has 0 bridgehead atoms. The summed E-state index contributed by atoms with van der Waals surface area (Å²) in [5.74, 6) is -1.32. The molecular formula is C13H18N4O3. The van der Waals surface area contributed by atoms with E-state index in [1.54, 1.807) is 0 Å². The van der Waals surface area contributed by atoms with Gasteiger partial charge in [0.2, 0.25) is 5.91 Å². The van der Waals surface area contributed by atoms with Crippen molar-refractivity contribution >= 4 is 11.9 Å². The third kappa shape index (κ3) is 7.85. The van der Waals surface area contributed by atoms with Crippen LogP contribution in [0.5, 0.6) is 0 Å². The molecule has 0 heterocycles. The Balaban J connectivity index is 4.59. The Morgan fingerprint density at radius 2 is 1.70 bits per heavy atom. The summed E-state index contributed by atoms with van der Waals surface area (Å²) in [6.07, 6.45) is 1.88. The first-order chi connectivity index (χ1) is 9.54. The average Bonchev–Trinajstić information content (AvgIpc) is 2.38. The van der Waals surface area contributed by atoms with Crippen molar-refractivity contribution in [3.63, 3.8) is 0 Å². The Bertz CT molecular complexity index is 404. The van der Waals surface area contributed by atoms with E-state index in [0.29, 0.717) is 0 Å². The van der Waals surface area contributed by atoms with Gasteiger partial charge in [-0.2, -0.15) is 10.5 Å². The van der Waals surface area contributed by atoms with E-state index in [1.165, 1.54) is 15.9 Å². The summed E-state index contributed by atoms with van der Waals surface area (Å²) in [5, 5.41) is 25.9. The highest BCUT2D eigenvalue weighted by molar-refractivity contribution is 5.79. The molecule has 7 nitrogen and oxygen atoms in total. The van der Waals surface area contributed by atoms with E-state index in [1.807, 2.05) is 12.1 Å². The summed E-state index contributed by atoms with van der Waals surface area (Å²) in [5.41, 5.74) is 0. The average molecular weight is 278 g/mol. The molecular weight excluding hydrogens is 260 g/mol. The zero-order valence-corrected chi connectivity index (χ0v) is 11.3. The second-order valence-corrected chi connectivity index (χ2v) is 4.05. The molecule has 0 rings (SSSR count). The lowest BCUT2D eigenvalue weighted by atomic mass is 10.3. The van der Waals surface area contributed by atoms with E-state index in [-0.39, 0.29) is 51.5 Å². The van der Waals surface area contributed by atoms with Crippen molar-refractivity contribution < 1.29 is 14.7 Å². The quantitative estimate of drug-likeness (QED) is 0.572. The van der Waals surface area contributed by atoms with Gasteiger partial charge in [-0.3, -0.25) is 14.5 Å². The van der Waals surface area contributed by atoms with Gasteiger partial charge in [-0.1, -0.05) is 6.08 Å². The van der Waals surface area contributed by atoms with Crippen LogP contribution in [-0.4, -0.2) is 59.5 Å². The number of amides is 1. The molecule has 0 saturated heterocycles. The summed E-state index contributed by atoms with van der Waals surface area (Å²) in [7, 11) is 0. The van der Waals surface area contributed by atoms with Crippen LogP contribution >= 0.6 is 0 Å². The molecule has 108 valence electrons. The van der Waals surface area contributed by atoms with Gasteiger partial charge in [-0.05, 0) is 0 Å². The molecule has 0 aliphatic rings. The van der Waals surface area contributed by atoms with Crippen LogP contribution in [0.15, 0.2) is 12.7 Å². The maximum atomic E-state index is 12.1. The molecule has 7 heteroatoms. The van der Waals surface area contributed by atoms with Crippen molar-refractivity contribution in [2.45, 2.75) is 12.8 Å².